The molecule has 5 heteroatoms. The second kappa shape index (κ2) is 4.65. The molecule has 1 saturated heterocycles. The zero-order valence-electron chi connectivity index (χ0n) is 9.90. The summed E-state index contributed by atoms with van der Waals surface area (Å²) in [5.41, 5.74) is 3.64. The number of nitrogens with two attached hydrogens (primary N) is 1. The highest BCUT2D eigenvalue weighted by Gasteiger charge is 2.20. The maximum Gasteiger partial charge on any atom is 0.148 e. The van der Waals surface area contributed by atoms with Crippen molar-refractivity contribution in [3.05, 3.63) is 11.9 Å². The topological polar surface area (TPSA) is 67.1 Å². The molecule has 1 atom stereocenters. The molecule has 1 aliphatic heterocycles. The molecule has 16 heavy (non-hydrogen) atoms. The minimum atomic E-state index is 0.711. The van der Waals surface area contributed by atoms with Gasteiger partial charge in [0.15, 0.2) is 0 Å². The SMILES string of the molecule is Cc1c(NN)ncnc1N1CCCC(C)C1. The fourth-order valence-corrected chi connectivity index (χ4v) is 2.29. The van der Waals surface area contributed by atoms with Gasteiger partial charge in [0.05, 0.1) is 0 Å². The lowest BCUT2D eigenvalue weighted by atomic mass is 10.00. The third-order valence-corrected chi connectivity index (χ3v) is 3.15. The maximum atomic E-state index is 5.42. The van der Waals surface area contributed by atoms with E-state index in [1.54, 1.807) is 6.33 Å². The first-order valence-electron chi connectivity index (χ1n) is 5.75. The lowest BCUT2D eigenvalue weighted by Gasteiger charge is -2.32. The van der Waals surface area contributed by atoms with Crippen LogP contribution in [0.1, 0.15) is 25.3 Å². The molecule has 0 aliphatic carbocycles. The highest BCUT2D eigenvalue weighted by Crippen LogP contribution is 2.26. The monoisotopic (exact) mass is 221 g/mol. The van der Waals surface area contributed by atoms with Crippen LogP contribution >= 0.6 is 0 Å². The van der Waals surface area contributed by atoms with Gasteiger partial charge in [0.2, 0.25) is 0 Å². The molecule has 1 fully saturated rings. The smallest absolute Gasteiger partial charge is 0.148 e. The summed E-state index contributed by atoms with van der Waals surface area (Å²) in [5, 5.41) is 0. The molecule has 0 amide bonds. The molecular formula is C11H19N5. The average Bonchev–Trinajstić information content (AvgIpc) is 2.29. The Hall–Kier alpha value is -1.36. The highest BCUT2D eigenvalue weighted by molar-refractivity contribution is 5.57. The van der Waals surface area contributed by atoms with Crippen molar-refractivity contribution in [1.29, 1.82) is 0 Å². The number of nitrogens with zero attached hydrogens (tertiary/aromatic N) is 3. The van der Waals surface area contributed by atoms with E-state index in [0.29, 0.717) is 5.82 Å². The van der Waals surface area contributed by atoms with Gasteiger partial charge in [-0.15, -0.1) is 0 Å². The molecular weight excluding hydrogens is 202 g/mol. The largest absolute Gasteiger partial charge is 0.356 e. The third-order valence-electron chi connectivity index (χ3n) is 3.15. The number of hydrogen-bond donors (Lipinski definition) is 2. The van der Waals surface area contributed by atoms with Crippen LogP contribution in [-0.4, -0.2) is 23.1 Å². The summed E-state index contributed by atoms with van der Waals surface area (Å²) in [6.07, 6.45) is 4.11. The lowest BCUT2D eigenvalue weighted by molar-refractivity contribution is 0.444. The summed E-state index contributed by atoms with van der Waals surface area (Å²) in [7, 11) is 0. The third kappa shape index (κ3) is 2.09. The predicted molar refractivity (Wildman–Crippen MR) is 65.2 cm³/mol. The quantitative estimate of drug-likeness (QED) is 0.582. The second-order valence-electron chi connectivity index (χ2n) is 4.51. The summed E-state index contributed by atoms with van der Waals surface area (Å²) in [6, 6.07) is 0. The van der Waals surface area contributed by atoms with Crippen LogP contribution in [0.5, 0.6) is 0 Å². The van der Waals surface area contributed by atoms with Gasteiger partial charge in [0.1, 0.15) is 18.0 Å². The number of aromatic nitrogens is 2. The van der Waals surface area contributed by atoms with Crippen LogP contribution in [0.3, 0.4) is 0 Å². The van der Waals surface area contributed by atoms with E-state index < -0.39 is 0 Å². The summed E-state index contributed by atoms with van der Waals surface area (Å²) in [4.78, 5) is 10.8. The molecule has 0 aromatic carbocycles. The first-order valence-corrected chi connectivity index (χ1v) is 5.75. The molecule has 1 unspecified atom stereocenters. The molecule has 3 N–H and O–H groups in total. The molecule has 1 aromatic heterocycles. The lowest BCUT2D eigenvalue weighted by Crippen LogP contribution is -2.35. The molecule has 88 valence electrons. The van der Waals surface area contributed by atoms with Gasteiger partial charge in [0, 0.05) is 18.7 Å². The van der Waals surface area contributed by atoms with Crippen molar-refractivity contribution in [2.45, 2.75) is 26.7 Å². The molecule has 0 spiro atoms. The molecule has 2 heterocycles. The van der Waals surface area contributed by atoms with Crippen molar-refractivity contribution in [3.8, 4) is 0 Å². The number of nitrogen functional groups attached to an aromatic ring is 1. The van der Waals surface area contributed by atoms with E-state index in [9.17, 15) is 0 Å². The van der Waals surface area contributed by atoms with Crippen molar-refractivity contribution in [2.24, 2.45) is 11.8 Å². The molecule has 1 aliphatic rings. The first-order chi connectivity index (χ1) is 7.72. The zero-order valence-corrected chi connectivity index (χ0v) is 9.90. The zero-order chi connectivity index (χ0) is 11.5. The van der Waals surface area contributed by atoms with E-state index >= 15 is 0 Å². The Morgan fingerprint density at radius 3 is 3.00 bits per heavy atom. The van der Waals surface area contributed by atoms with Gasteiger partial charge in [-0.2, -0.15) is 0 Å². The second-order valence-corrected chi connectivity index (χ2v) is 4.51. The van der Waals surface area contributed by atoms with Gasteiger partial charge in [-0.3, -0.25) is 0 Å². The molecule has 0 radical (unpaired) electrons. The van der Waals surface area contributed by atoms with E-state index in [0.717, 1.165) is 30.4 Å². The Kier molecular flexibility index (Phi) is 3.24. The number of hydrazine groups is 1. The van der Waals surface area contributed by atoms with Crippen LogP contribution in [0, 0.1) is 12.8 Å². The molecule has 1 aromatic rings. The van der Waals surface area contributed by atoms with Crippen molar-refractivity contribution < 1.29 is 0 Å². The van der Waals surface area contributed by atoms with Crippen molar-refractivity contribution >= 4 is 11.6 Å². The van der Waals surface area contributed by atoms with E-state index in [1.165, 1.54) is 12.8 Å². The molecule has 2 rings (SSSR count). The number of hydrogen-bond acceptors (Lipinski definition) is 5. The van der Waals surface area contributed by atoms with Gasteiger partial charge < -0.3 is 10.3 Å². The number of piperidine rings is 1. The van der Waals surface area contributed by atoms with Gasteiger partial charge in [-0.05, 0) is 25.7 Å². The van der Waals surface area contributed by atoms with Crippen LogP contribution in [0.4, 0.5) is 11.6 Å². The van der Waals surface area contributed by atoms with E-state index in [2.05, 4.69) is 27.2 Å². The fraction of sp³-hybridized carbons (Fsp3) is 0.636. The summed E-state index contributed by atoms with van der Waals surface area (Å²) in [6.45, 7) is 6.43. The predicted octanol–water partition coefficient (Wildman–Crippen LogP) is 1.31. The van der Waals surface area contributed by atoms with E-state index in [4.69, 9.17) is 5.84 Å². The van der Waals surface area contributed by atoms with Gasteiger partial charge in [0.25, 0.3) is 0 Å². The number of anilines is 2. The Morgan fingerprint density at radius 1 is 1.50 bits per heavy atom. The van der Waals surface area contributed by atoms with Crippen molar-refractivity contribution in [3.63, 3.8) is 0 Å². The van der Waals surface area contributed by atoms with Crippen LogP contribution < -0.4 is 16.2 Å². The summed E-state index contributed by atoms with van der Waals surface area (Å²) in [5.74, 6) is 7.87. The molecule has 5 nitrogen and oxygen atoms in total. The Morgan fingerprint density at radius 2 is 2.31 bits per heavy atom. The summed E-state index contributed by atoms with van der Waals surface area (Å²) >= 11 is 0. The van der Waals surface area contributed by atoms with Gasteiger partial charge >= 0.3 is 0 Å². The number of rotatable bonds is 2. The van der Waals surface area contributed by atoms with Crippen molar-refractivity contribution in [2.75, 3.05) is 23.4 Å². The molecule has 0 saturated carbocycles. The standard InChI is InChI=1S/C11H19N5/c1-8-4-3-5-16(6-8)11-9(2)10(15-12)13-7-14-11/h7-8H,3-6,12H2,1-2H3,(H,13,14,15). The van der Waals surface area contributed by atoms with Crippen LogP contribution in [0.2, 0.25) is 0 Å². The normalized spacial score (nSPS) is 20.9. The van der Waals surface area contributed by atoms with Crippen LogP contribution in [0.15, 0.2) is 6.33 Å². The highest BCUT2D eigenvalue weighted by atomic mass is 15.3. The fourth-order valence-electron chi connectivity index (χ4n) is 2.29. The minimum Gasteiger partial charge on any atom is -0.356 e. The van der Waals surface area contributed by atoms with Crippen LogP contribution in [0.25, 0.3) is 0 Å². The van der Waals surface area contributed by atoms with Crippen LogP contribution in [-0.2, 0) is 0 Å². The Labute approximate surface area is 96.0 Å². The Bertz CT molecular complexity index is 365. The average molecular weight is 221 g/mol. The maximum absolute atomic E-state index is 5.42. The summed E-state index contributed by atoms with van der Waals surface area (Å²) < 4.78 is 0. The molecule has 0 bridgehead atoms. The first kappa shape index (κ1) is 11.1. The van der Waals surface area contributed by atoms with E-state index in [1.807, 2.05) is 6.92 Å². The Balaban J connectivity index is 2.25. The van der Waals surface area contributed by atoms with E-state index in [-0.39, 0.29) is 0 Å². The van der Waals surface area contributed by atoms with Gasteiger partial charge in [-0.25, -0.2) is 15.8 Å². The van der Waals surface area contributed by atoms with Gasteiger partial charge in [-0.1, -0.05) is 6.92 Å². The number of nitrogens with one attached hydrogen (secondary N) is 1. The minimum absolute atomic E-state index is 0.711. The van der Waals surface area contributed by atoms with Crippen molar-refractivity contribution in [1.82, 2.24) is 9.97 Å².